The molecule has 0 aromatic heterocycles. The van der Waals surface area contributed by atoms with Crippen molar-refractivity contribution < 1.29 is 22.7 Å². The fraction of sp³-hybridized carbons (Fsp3) is 0.0625. The third-order valence-corrected chi connectivity index (χ3v) is 4.54. The van der Waals surface area contributed by atoms with E-state index in [9.17, 15) is 18.0 Å². The van der Waals surface area contributed by atoms with Crippen molar-refractivity contribution in [3.8, 4) is 5.75 Å². The zero-order valence-electron chi connectivity index (χ0n) is 11.2. The molecule has 3 rings (SSSR count). The maximum Gasteiger partial charge on any atom is 0.573 e. The van der Waals surface area contributed by atoms with Crippen molar-refractivity contribution >= 4 is 43.2 Å². The smallest absolute Gasteiger partial charge is 0.406 e. The Kier molecular flexibility index (Phi) is 4.10. The van der Waals surface area contributed by atoms with Gasteiger partial charge in [0.25, 0.3) is 0 Å². The Hall–Kier alpha value is -1.60. The van der Waals surface area contributed by atoms with E-state index in [-0.39, 0.29) is 11.5 Å². The van der Waals surface area contributed by atoms with Crippen molar-refractivity contribution in [2.24, 2.45) is 0 Å². The number of ether oxygens (including phenoxy) is 1. The Balaban J connectivity index is 2.02. The van der Waals surface area contributed by atoms with Crippen LogP contribution in [0.25, 0.3) is 5.57 Å². The monoisotopic (exact) mass is 446 g/mol. The lowest BCUT2D eigenvalue weighted by Crippen LogP contribution is -2.17. The second-order valence-corrected chi connectivity index (χ2v) is 6.49. The van der Waals surface area contributed by atoms with E-state index in [1.165, 1.54) is 24.3 Å². The van der Waals surface area contributed by atoms with Crippen molar-refractivity contribution in [1.29, 1.82) is 0 Å². The highest BCUT2D eigenvalue weighted by Gasteiger charge is 2.32. The molecule has 0 N–H and O–H groups in total. The Morgan fingerprint density at radius 2 is 1.57 bits per heavy atom. The average molecular weight is 448 g/mol. The number of ketones is 1. The zero-order chi connectivity index (χ0) is 16.8. The van der Waals surface area contributed by atoms with Crippen molar-refractivity contribution in [3.63, 3.8) is 0 Å². The second kappa shape index (κ2) is 5.79. The van der Waals surface area contributed by atoms with Crippen LogP contribution in [0.5, 0.6) is 5.75 Å². The molecule has 0 saturated heterocycles. The summed E-state index contributed by atoms with van der Waals surface area (Å²) in [5.74, 6) is -0.463. The first-order chi connectivity index (χ1) is 10.8. The standard InChI is InChI=1S/C16H7Br2F3O2/c17-9-3-6-11-12(7-9)13(14(18)15(11)22)8-1-4-10(5-2-8)23-16(19,20)21/h1-7H. The molecule has 23 heavy (non-hydrogen) atoms. The molecular weight excluding hydrogens is 441 g/mol. The van der Waals surface area contributed by atoms with Gasteiger partial charge in [-0.15, -0.1) is 13.2 Å². The van der Waals surface area contributed by atoms with E-state index in [1.54, 1.807) is 18.2 Å². The van der Waals surface area contributed by atoms with Gasteiger partial charge in [0.1, 0.15) is 5.75 Å². The molecule has 0 spiro atoms. The predicted octanol–water partition coefficient (Wildman–Crippen LogP) is 5.70. The molecule has 0 atom stereocenters. The number of fused-ring (bicyclic) bond motifs is 1. The van der Waals surface area contributed by atoms with Crippen LogP contribution in [0.15, 0.2) is 51.4 Å². The summed E-state index contributed by atoms with van der Waals surface area (Å²) in [4.78, 5) is 12.3. The van der Waals surface area contributed by atoms with E-state index in [0.29, 0.717) is 21.2 Å². The van der Waals surface area contributed by atoms with Gasteiger partial charge in [-0.3, -0.25) is 4.79 Å². The Labute approximate surface area is 146 Å². The molecule has 0 heterocycles. The van der Waals surface area contributed by atoms with Crippen molar-refractivity contribution in [1.82, 2.24) is 0 Å². The van der Waals surface area contributed by atoms with Crippen LogP contribution in [-0.4, -0.2) is 12.1 Å². The molecule has 1 aliphatic carbocycles. The fourth-order valence-electron chi connectivity index (χ4n) is 2.38. The summed E-state index contributed by atoms with van der Waals surface area (Å²) in [6.45, 7) is 0. The summed E-state index contributed by atoms with van der Waals surface area (Å²) in [5.41, 5.74) is 2.54. The largest absolute Gasteiger partial charge is 0.573 e. The van der Waals surface area contributed by atoms with E-state index >= 15 is 0 Å². The summed E-state index contributed by atoms with van der Waals surface area (Å²) in [6.07, 6.45) is -4.73. The van der Waals surface area contributed by atoms with Gasteiger partial charge in [-0.05, 0) is 57.4 Å². The summed E-state index contributed by atoms with van der Waals surface area (Å²) in [6, 6.07) is 10.7. The van der Waals surface area contributed by atoms with Gasteiger partial charge in [0.2, 0.25) is 5.78 Å². The Morgan fingerprint density at radius 3 is 2.17 bits per heavy atom. The van der Waals surface area contributed by atoms with Crippen LogP contribution < -0.4 is 4.74 Å². The minimum Gasteiger partial charge on any atom is -0.406 e. The van der Waals surface area contributed by atoms with Crippen LogP contribution in [0, 0.1) is 0 Å². The quantitative estimate of drug-likeness (QED) is 0.590. The molecular formula is C16H7Br2F3O2. The molecule has 0 bridgehead atoms. The van der Waals surface area contributed by atoms with Crippen LogP contribution in [0.2, 0.25) is 0 Å². The minimum atomic E-state index is -4.73. The molecule has 0 fully saturated rings. The van der Waals surface area contributed by atoms with Crippen molar-refractivity contribution in [2.75, 3.05) is 0 Å². The van der Waals surface area contributed by atoms with Crippen LogP contribution >= 0.6 is 31.9 Å². The number of carbonyl (C=O) groups is 1. The number of Topliss-reactive ketones (excluding diaryl/α,β-unsaturated/α-hetero) is 1. The van der Waals surface area contributed by atoms with Crippen molar-refractivity contribution in [2.45, 2.75) is 6.36 Å². The van der Waals surface area contributed by atoms with E-state index in [2.05, 4.69) is 36.6 Å². The SMILES string of the molecule is O=C1C(Br)=C(c2ccc(OC(F)(F)F)cc2)c2cc(Br)ccc21. The lowest BCUT2D eigenvalue weighted by atomic mass is 9.99. The third kappa shape index (κ3) is 3.21. The van der Waals surface area contributed by atoms with Crippen LogP contribution in [-0.2, 0) is 0 Å². The normalized spacial score (nSPS) is 14.2. The molecule has 2 aromatic rings. The summed E-state index contributed by atoms with van der Waals surface area (Å²) < 4.78 is 41.7. The van der Waals surface area contributed by atoms with Crippen LogP contribution in [0.1, 0.15) is 21.5 Å². The van der Waals surface area contributed by atoms with Crippen LogP contribution in [0.3, 0.4) is 0 Å². The highest BCUT2D eigenvalue weighted by atomic mass is 79.9. The number of hydrogen-bond acceptors (Lipinski definition) is 2. The second-order valence-electron chi connectivity index (χ2n) is 4.78. The lowest BCUT2D eigenvalue weighted by Gasteiger charge is -2.10. The minimum absolute atomic E-state index is 0.155. The summed E-state index contributed by atoms with van der Waals surface area (Å²) >= 11 is 6.64. The molecule has 2 nitrogen and oxygen atoms in total. The zero-order valence-corrected chi connectivity index (χ0v) is 14.4. The molecule has 118 valence electrons. The summed E-state index contributed by atoms with van der Waals surface area (Å²) in [7, 11) is 0. The predicted molar refractivity (Wildman–Crippen MR) is 86.5 cm³/mol. The van der Waals surface area contributed by atoms with Gasteiger partial charge in [-0.1, -0.05) is 28.1 Å². The van der Waals surface area contributed by atoms with Gasteiger partial charge in [-0.25, -0.2) is 0 Å². The topological polar surface area (TPSA) is 26.3 Å². The first-order valence-corrected chi connectivity index (χ1v) is 7.95. The molecule has 0 unspecified atom stereocenters. The maximum absolute atomic E-state index is 12.3. The van der Waals surface area contributed by atoms with Gasteiger partial charge in [0.15, 0.2) is 0 Å². The van der Waals surface area contributed by atoms with E-state index < -0.39 is 6.36 Å². The van der Waals surface area contributed by atoms with Crippen LogP contribution in [0.4, 0.5) is 13.2 Å². The average Bonchev–Trinajstić information content (AvgIpc) is 2.70. The number of carbonyl (C=O) groups excluding carboxylic acids is 1. The van der Waals surface area contributed by atoms with Gasteiger partial charge >= 0.3 is 6.36 Å². The maximum atomic E-state index is 12.3. The molecule has 0 aliphatic heterocycles. The molecule has 1 aliphatic rings. The molecule has 2 aromatic carbocycles. The van der Waals surface area contributed by atoms with Crippen molar-refractivity contribution in [3.05, 3.63) is 68.1 Å². The van der Waals surface area contributed by atoms with E-state index in [1.807, 2.05) is 0 Å². The van der Waals surface area contributed by atoms with Gasteiger partial charge in [-0.2, -0.15) is 0 Å². The fourth-order valence-corrected chi connectivity index (χ4v) is 3.39. The first kappa shape index (κ1) is 16.3. The Bertz CT molecular complexity index is 824. The number of alkyl halides is 3. The van der Waals surface area contributed by atoms with E-state index in [4.69, 9.17) is 0 Å². The number of rotatable bonds is 2. The molecule has 0 saturated carbocycles. The number of allylic oxidation sites excluding steroid dienone is 1. The van der Waals surface area contributed by atoms with Gasteiger partial charge in [0, 0.05) is 15.6 Å². The van der Waals surface area contributed by atoms with Gasteiger partial charge < -0.3 is 4.74 Å². The highest BCUT2D eigenvalue weighted by molar-refractivity contribution is 9.12. The molecule has 7 heteroatoms. The number of benzene rings is 2. The summed E-state index contributed by atoms with van der Waals surface area (Å²) in [5, 5.41) is 0. The first-order valence-electron chi connectivity index (χ1n) is 6.37. The highest BCUT2D eigenvalue weighted by Crippen LogP contribution is 2.41. The van der Waals surface area contributed by atoms with Gasteiger partial charge in [0.05, 0.1) is 4.48 Å². The number of hydrogen-bond donors (Lipinski definition) is 0. The molecule has 0 amide bonds. The van der Waals surface area contributed by atoms with E-state index in [0.717, 1.165) is 10.0 Å². The molecule has 0 radical (unpaired) electrons. The number of halogens is 5. The lowest BCUT2D eigenvalue weighted by molar-refractivity contribution is -0.274. The Morgan fingerprint density at radius 1 is 0.913 bits per heavy atom. The third-order valence-electron chi connectivity index (χ3n) is 3.29.